The van der Waals surface area contributed by atoms with Gasteiger partial charge in [0, 0.05) is 6.54 Å². The highest BCUT2D eigenvalue weighted by Gasteiger charge is 2.28. The number of nitrogens with two attached hydrogens (primary N) is 1. The molecule has 0 aliphatic rings. The zero-order chi connectivity index (χ0) is 11.5. The molecule has 1 aromatic rings. The van der Waals surface area contributed by atoms with Gasteiger partial charge in [0.15, 0.2) is 6.61 Å². The van der Waals surface area contributed by atoms with Crippen LogP contribution in [0.1, 0.15) is 11.1 Å². The predicted molar refractivity (Wildman–Crippen MR) is 57.9 cm³/mol. The van der Waals surface area contributed by atoms with Gasteiger partial charge in [-0.3, -0.25) is 0 Å². The molecule has 92 valence electrons. The van der Waals surface area contributed by atoms with Crippen LogP contribution in [0.2, 0.25) is 0 Å². The van der Waals surface area contributed by atoms with Crippen molar-refractivity contribution in [1.29, 1.82) is 0 Å². The van der Waals surface area contributed by atoms with E-state index >= 15 is 0 Å². The smallest absolute Gasteiger partial charge is 0.422 e. The monoisotopic (exact) mass is 255 g/mol. The molecular formula is C10H13ClF3NO. The van der Waals surface area contributed by atoms with Crippen molar-refractivity contribution in [2.75, 3.05) is 6.61 Å². The highest BCUT2D eigenvalue weighted by atomic mass is 35.5. The summed E-state index contributed by atoms with van der Waals surface area (Å²) in [5.41, 5.74) is 6.91. The quantitative estimate of drug-likeness (QED) is 0.901. The molecule has 1 aromatic carbocycles. The fraction of sp³-hybridized carbons (Fsp3) is 0.400. The zero-order valence-electron chi connectivity index (χ0n) is 8.67. The van der Waals surface area contributed by atoms with Crippen LogP contribution in [-0.4, -0.2) is 12.8 Å². The van der Waals surface area contributed by atoms with E-state index in [4.69, 9.17) is 5.73 Å². The number of hydrogen-bond acceptors (Lipinski definition) is 2. The van der Waals surface area contributed by atoms with E-state index in [9.17, 15) is 13.2 Å². The maximum atomic E-state index is 11.9. The Morgan fingerprint density at radius 3 is 2.38 bits per heavy atom. The summed E-state index contributed by atoms with van der Waals surface area (Å²) in [7, 11) is 0. The molecule has 2 nitrogen and oxygen atoms in total. The minimum Gasteiger partial charge on any atom is -0.484 e. The lowest BCUT2D eigenvalue weighted by Gasteiger charge is -2.11. The van der Waals surface area contributed by atoms with E-state index in [2.05, 4.69) is 4.74 Å². The molecule has 0 aromatic heterocycles. The summed E-state index contributed by atoms with van der Waals surface area (Å²) in [6.45, 7) is 0.779. The number of aryl methyl sites for hydroxylation is 1. The maximum absolute atomic E-state index is 11.9. The lowest BCUT2D eigenvalue weighted by atomic mass is 10.1. The summed E-state index contributed by atoms with van der Waals surface area (Å²) in [5.74, 6) is 0.240. The van der Waals surface area contributed by atoms with Gasteiger partial charge in [0.25, 0.3) is 0 Å². The SMILES string of the molecule is Cc1cc(CN)ccc1OCC(F)(F)F.Cl. The lowest BCUT2D eigenvalue weighted by Crippen LogP contribution is -2.19. The van der Waals surface area contributed by atoms with Crippen LogP contribution in [0, 0.1) is 6.92 Å². The third-order valence-corrected chi connectivity index (χ3v) is 1.87. The molecule has 0 amide bonds. The van der Waals surface area contributed by atoms with Gasteiger partial charge in [0.1, 0.15) is 5.75 Å². The number of rotatable bonds is 3. The Morgan fingerprint density at radius 1 is 1.31 bits per heavy atom. The first kappa shape index (κ1) is 15.1. The van der Waals surface area contributed by atoms with Gasteiger partial charge in [-0.05, 0) is 24.1 Å². The summed E-state index contributed by atoms with van der Waals surface area (Å²) in [5, 5.41) is 0. The van der Waals surface area contributed by atoms with Crippen LogP contribution in [0.25, 0.3) is 0 Å². The van der Waals surface area contributed by atoms with Gasteiger partial charge in [-0.25, -0.2) is 0 Å². The molecule has 0 saturated heterocycles. The minimum absolute atomic E-state index is 0. The van der Waals surface area contributed by atoms with E-state index in [0.29, 0.717) is 12.1 Å². The van der Waals surface area contributed by atoms with Crippen molar-refractivity contribution in [3.8, 4) is 5.75 Å². The van der Waals surface area contributed by atoms with E-state index in [1.807, 2.05) is 0 Å². The van der Waals surface area contributed by atoms with Gasteiger partial charge in [-0.1, -0.05) is 12.1 Å². The number of benzene rings is 1. The van der Waals surface area contributed by atoms with Gasteiger partial charge in [0.05, 0.1) is 0 Å². The first-order valence-electron chi connectivity index (χ1n) is 4.41. The second-order valence-corrected chi connectivity index (χ2v) is 3.21. The van der Waals surface area contributed by atoms with Crippen molar-refractivity contribution < 1.29 is 17.9 Å². The molecule has 0 unspecified atom stereocenters. The Balaban J connectivity index is 0.00000225. The zero-order valence-corrected chi connectivity index (χ0v) is 9.49. The second-order valence-electron chi connectivity index (χ2n) is 3.21. The van der Waals surface area contributed by atoms with Gasteiger partial charge < -0.3 is 10.5 Å². The first-order valence-corrected chi connectivity index (χ1v) is 4.41. The van der Waals surface area contributed by atoms with Crippen molar-refractivity contribution in [3.05, 3.63) is 29.3 Å². The second kappa shape index (κ2) is 5.96. The molecule has 2 N–H and O–H groups in total. The summed E-state index contributed by atoms with van der Waals surface area (Å²) in [6.07, 6.45) is -4.31. The van der Waals surface area contributed by atoms with Crippen LogP contribution in [0.4, 0.5) is 13.2 Å². The largest absolute Gasteiger partial charge is 0.484 e. The Hall–Kier alpha value is -0.940. The number of hydrogen-bond donors (Lipinski definition) is 1. The van der Waals surface area contributed by atoms with Crippen LogP contribution < -0.4 is 10.5 Å². The van der Waals surface area contributed by atoms with Gasteiger partial charge in [-0.2, -0.15) is 13.2 Å². The van der Waals surface area contributed by atoms with E-state index < -0.39 is 12.8 Å². The highest BCUT2D eigenvalue weighted by Crippen LogP contribution is 2.22. The average Bonchev–Trinajstić information content (AvgIpc) is 2.14. The molecule has 0 aliphatic carbocycles. The molecule has 0 fully saturated rings. The van der Waals surface area contributed by atoms with Crippen LogP contribution in [0.15, 0.2) is 18.2 Å². The average molecular weight is 256 g/mol. The van der Waals surface area contributed by atoms with Gasteiger partial charge in [0.2, 0.25) is 0 Å². The number of ether oxygens (including phenoxy) is 1. The molecule has 0 bridgehead atoms. The van der Waals surface area contributed by atoms with Crippen molar-refractivity contribution in [2.45, 2.75) is 19.6 Å². The molecule has 6 heteroatoms. The molecule has 0 saturated carbocycles. The van der Waals surface area contributed by atoms with Crippen LogP contribution >= 0.6 is 12.4 Å². The highest BCUT2D eigenvalue weighted by molar-refractivity contribution is 5.85. The van der Waals surface area contributed by atoms with Crippen molar-refractivity contribution in [3.63, 3.8) is 0 Å². The molecule has 0 atom stereocenters. The molecular weight excluding hydrogens is 243 g/mol. The summed E-state index contributed by atoms with van der Waals surface area (Å²) in [4.78, 5) is 0. The topological polar surface area (TPSA) is 35.2 Å². The maximum Gasteiger partial charge on any atom is 0.422 e. The third kappa shape index (κ3) is 4.72. The Labute approximate surface area is 98.0 Å². The van der Waals surface area contributed by atoms with Crippen LogP contribution in [0.3, 0.4) is 0 Å². The fourth-order valence-electron chi connectivity index (χ4n) is 1.16. The van der Waals surface area contributed by atoms with Crippen molar-refractivity contribution in [2.24, 2.45) is 5.73 Å². The van der Waals surface area contributed by atoms with E-state index in [0.717, 1.165) is 5.56 Å². The third-order valence-electron chi connectivity index (χ3n) is 1.87. The minimum atomic E-state index is -4.31. The lowest BCUT2D eigenvalue weighted by molar-refractivity contribution is -0.153. The molecule has 0 heterocycles. The molecule has 16 heavy (non-hydrogen) atoms. The van der Waals surface area contributed by atoms with Gasteiger partial charge >= 0.3 is 6.18 Å². The van der Waals surface area contributed by atoms with Gasteiger partial charge in [-0.15, -0.1) is 12.4 Å². The number of alkyl halides is 3. The number of halogens is 4. The van der Waals surface area contributed by atoms with Crippen molar-refractivity contribution in [1.82, 2.24) is 0 Å². The van der Waals surface area contributed by atoms with E-state index in [-0.39, 0.29) is 18.2 Å². The first-order chi connectivity index (χ1) is 6.92. The molecule has 0 spiro atoms. The predicted octanol–water partition coefficient (Wildman–Crippen LogP) is 2.82. The Morgan fingerprint density at radius 2 is 1.94 bits per heavy atom. The van der Waals surface area contributed by atoms with E-state index in [1.165, 1.54) is 6.07 Å². The molecule has 0 aliphatic heterocycles. The summed E-state index contributed by atoms with van der Waals surface area (Å²) in [6, 6.07) is 4.87. The Bertz CT molecular complexity index is 341. The van der Waals surface area contributed by atoms with Crippen LogP contribution in [-0.2, 0) is 6.54 Å². The Kier molecular flexibility index (Phi) is 5.61. The normalized spacial score (nSPS) is 10.8. The van der Waals surface area contributed by atoms with Crippen molar-refractivity contribution >= 4 is 12.4 Å². The summed E-state index contributed by atoms with van der Waals surface area (Å²) >= 11 is 0. The fourth-order valence-corrected chi connectivity index (χ4v) is 1.16. The standard InChI is InChI=1S/C10H12F3NO.ClH/c1-7-4-8(5-14)2-3-9(7)15-6-10(11,12)13;/h2-4H,5-6,14H2,1H3;1H. The summed E-state index contributed by atoms with van der Waals surface area (Å²) < 4.78 is 40.3. The molecule has 0 radical (unpaired) electrons. The van der Waals surface area contributed by atoms with Crippen LogP contribution in [0.5, 0.6) is 5.75 Å². The van der Waals surface area contributed by atoms with E-state index in [1.54, 1.807) is 19.1 Å². The molecule has 1 rings (SSSR count).